The molecule has 1 saturated heterocycles. The number of piperazine rings is 1. The number of fused-ring (bicyclic) bond motifs is 1. The van der Waals surface area contributed by atoms with E-state index in [2.05, 4.69) is 25.1 Å². The van der Waals surface area contributed by atoms with Crippen molar-refractivity contribution in [3.05, 3.63) is 72.0 Å². The third-order valence-electron chi connectivity index (χ3n) is 6.13. The van der Waals surface area contributed by atoms with Crippen LogP contribution in [0.3, 0.4) is 0 Å². The van der Waals surface area contributed by atoms with Gasteiger partial charge >= 0.3 is 0 Å². The highest BCUT2D eigenvalue weighted by Gasteiger charge is 2.27. The molecule has 0 spiro atoms. The molecule has 35 heavy (non-hydrogen) atoms. The second kappa shape index (κ2) is 8.55. The Bertz CT molecular complexity index is 1520. The van der Waals surface area contributed by atoms with Crippen molar-refractivity contribution in [2.24, 2.45) is 7.05 Å². The molecule has 1 amide bonds. The van der Waals surface area contributed by atoms with Crippen LogP contribution in [-0.2, 0) is 7.05 Å². The predicted octanol–water partition coefficient (Wildman–Crippen LogP) is 3.42. The zero-order chi connectivity index (χ0) is 23.9. The number of aromatic nitrogens is 6. The highest BCUT2D eigenvalue weighted by Crippen LogP contribution is 2.27. The zero-order valence-electron chi connectivity index (χ0n) is 18.9. The minimum absolute atomic E-state index is 0.132. The van der Waals surface area contributed by atoms with Gasteiger partial charge in [0.2, 0.25) is 0 Å². The van der Waals surface area contributed by atoms with Crippen molar-refractivity contribution in [2.75, 3.05) is 31.1 Å². The molecule has 10 nitrogen and oxygen atoms in total. The van der Waals surface area contributed by atoms with Crippen LogP contribution in [0, 0.1) is 0 Å². The molecule has 1 aliphatic rings. The van der Waals surface area contributed by atoms with Gasteiger partial charge in [-0.15, -0.1) is 0 Å². The number of hydrogen-bond donors (Lipinski definition) is 0. The van der Waals surface area contributed by atoms with E-state index >= 15 is 0 Å². The maximum Gasteiger partial charge on any atom is 0.274 e. The summed E-state index contributed by atoms with van der Waals surface area (Å²) >= 11 is 6.21. The molecule has 0 radical (unpaired) electrons. The molecule has 4 aromatic heterocycles. The minimum atomic E-state index is -0.132. The average Bonchev–Trinajstić information content (AvgIpc) is 3.64. The summed E-state index contributed by atoms with van der Waals surface area (Å²) in [6.45, 7) is 2.38. The predicted molar refractivity (Wildman–Crippen MR) is 131 cm³/mol. The fourth-order valence-electron chi connectivity index (χ4n) is 4.38. The van der Waals surface area contributed by atoms with Crippen LogP contribution in [0.4, 0.5) is 5.82 Å². The maximum atomic E-state index is 13.4. The number of halogens is 1. The summed E-state index contributed by atoms with van der Waals surface area (Å²) in [7, 11) is 1.86. The fraction of sp³-hybridized carbons (Fsp3) is 0.208. The van der Waals surface area contributed by atoms with E-state index in [1.165, 1.54) is 0 Å². The SMILES string of the molecule is Cn1ncc2c(N3CCN(C(=O)c4cc(-c5ccco5)n(-c5cccc(Cl)c5)n4)CC3)ncnc21. The summed E-state index contributed by atoms with van der Waals surface area (Å²) in [5.74, 6) is 1.32. The second-order valence-electron chi connectivity index (χ2n) is 8.27. The first kappa shape index (κ1) is 21.4. The molecular weight excluding hydrogens is 468 g/mol. The molecule has 1 aromatic carbocycles. The highest BCUT2D eigenvalue weighted by molar-refractivity contribution is 6.30. The van der Waals surface area contributed by atoms with Crippen molar-refractivity contribution in [2.45, 2.75) is 0 Å². The third kappa shape index (κ3) is 3.81. The van der Waals surface area contributed by atoms with E-state index in [9.17, 15) is 4.79 Å². The molecule has 5 heterocycles. The Hall–Kier alpha value is -4.18. The smallest absolute Gasteiger partial charge is 0.274 e. The molecule has 6 rings (SSSR count). The summed E-state index contributed by atoms with van der Waals surface area (Å²) in [5, 5.41) is 10.4. The number of benzene rings is 1. The van der Waals surface area contributed by atoms with Crippen LogP contribution in [0.15, 0.2) is 65.7 Å². The third-order valence-corrected chi connectivity index (χ3v) is 6.36. The van der Waals surface area contributed by atoms with E-state index in [1.54, 1.807) is 52.4 Å². The van der Waals surface area contributed by atoms with Crippen molar-refractivity contribution in [1.29, 1.82) is 0 Å². The Morgan fingerprint density at radius 3 is 2.69 bits per heavy atom. The number of amides is 1. The number of rotatable bonds is 4. The Morgan fingerprint density at radius 1 is 1.06 bits per heavy atom. The Labute approximate surface area is 205 Å². The van der Waals surface area contributed by atoms with Gasteiger partial charge in [0.15, 0.2) is 17.1 Å². The molecule has 1 fully saturated rings. The van der Waals surface area contributed by atoms with E-state index in [-0.39, 0.29) is 5.91 Å². The van der Waals surface area contributed by atoms with Crippen LogP contribution < -0.4 is 4.90 Å². The van der Waals surface area contributed by atoms with Crippen molar-refractivity contribution >= 4 is 34.4 Å². The van der Waals surface area contributed by atoms with E-state index in [4.69, 9.17) is 16.0 Å². The van der Waals surface area contributed by atoms with E-state index in [1.807, 2.05) is 30.1 Å². The van der Waals surface area contributed by atoms with Crippen molar-refractivity contribution in [3.8, 4) is 17.1 Å². The molecular formula is C24H21ClN8O2. The summed E-state index contributed by atoms with van der Waals surface area (Å²) in [5.41, 5.74) is 2.56. The van der Waals surface area contributed by atoms with Gasteiger partial charge in [0.1, 0.15) is 17.8 Å². The molecule has 0 N–H and O–H groups in total. The van der Waals surface area contributed by atoms with Crippen molar-refractivity contribution in [1.82, 2.24) is 34.4 Å². The van der Waals surface area contributed by atoms with E-state index in [0.29, 0.717) is 48.3 Å². The Kier molecular flexibility index (Phi) is 5.22. The van der Waals surface area contributed by atoms with E-state index in [0.717, 1.165) is 22.5 Å². The molecule has 0 unspecified atom stereocenters. The molecule has 0 bridgehead atoms. The minimum Gasteiger partial charge on any atom is -0.463 e. The molecule has 176 valence electrons. The number of carbonyl (C=O) groups excluding carboxylic acids is 1. The lowest BCUT2D eigenvalue weighted by atomic mass is 10.2. The number of furan rings is 1. The van der Waals surface area contributed by atoms with Gasteiger partial charge in [0, 0.05) is 44.3 Å². The van der Waals surface area contributed by atoms with Crippen LogP contribution >= 0.6 is 11.6 Å². The van der Waals surface area contributed by atoms with Crippen LogP contribution in [-0.4, -0.2) is 66.5 Å². The van der Waals surface area contributed by atoms with Crippen LogP contribution in [0.5, 0.6) is 0 Å². The number of carbonyl (C=O) groups is 1. The van der Waals surface area contributed by atoms with Crippen molar-refractivity contribution < 1.29 is 9.21 Å². The Morgan fingerprint density at radius 2 is 1.91 bits per heavy atom. The summed E-state index contributed by atoms with van der Waals surface area (Å²) in [4.78, 5) is 26.2. The van der Waals surface area contributed by atoms with Gasteiger partial charge < -0.3 is 14.2 Å². The Balaban J connectivity index is 1.25. The topological polar surface area (TPSA) is 98.1 Å². The molecule has 0 atom stereocenters. The second-order valence-corrected chi connectivity index (χ2v) is 8.70. The van der Waals surface area contributed by atoms with Gasteiger partial charge in [-0.25, -0.2) is 14.6 Å². The molecule has 1 aliphatic heterocycles. The lowest BCUT2D eigenvalue weighted by molar-refractivity contribution is 0.0740. The van der Waals surface area contributed by atoms with Crippen molar-refractivity contribution in [3.63, 3.8) is 0 Å². The quantitative estimate of drug-likeness (QED) is 0.382. The highest BCUT2D eigenvalue weighted by atomic mass is 35.5. The number of aryl methyl sites for hydroxylation is 1. The van der Waals surface area contributed by atoms with Crippen LogP contribution in [0.25, 0.3) is 28.2 Å². The molecule has 5 aromatic rings. The van der Waals surface area contributed by atoms with Gasteiger partial charge in [0.25, 0.3) is 5.91 Å². The number of anilines is 1. The number of hydrogen-bond acceptors (Lipinski definition) is 7. The van der Waals surface area contributed by atoms with Gasteiger partial charge in [-0.3, -0.25) is 9.48 Å². The standard InChI is InChI=1S/C24H21ClN8O2/c1-30-22-18(14-28-30)23(27-15-26-22)31-7-9-32(10-8-31)24(34)19-13-20(21-6-3-11-35-21)33(29-19)17-5-2-4-16(25)12-17/h2-6,11-15H,7-10H2,1H3. The van der Waals surface area contributed by atoms with Crippen LogP contribution in [0.2, 0.25) is 5.02 Å². The van der Waals surface area contributed by atoms with Gasteiger partial charge in [-0.05, 0) is 30.3 Å². The fourth-order valence-corrected chi connectivity index (χ4v) is 4.56. The normalized spacial score (nSPS) is 14.1. The van der Waals surface area contributed by atoms with Gasteiger partial charge in [-0.1, -0.05) is 17.7 Å². The first-order chi connectivity index (χ1) is 17.1. The average molecular weight is 489 g/mol. The summed E-state index contributed by atoms with van der Waals surface area (Å²) < 4.78 is 9.02. The largest absolute Gasteiger partial charge is 0.463 e. The molecule has 11 heteroatoms. The molecule has 0 aliphatic carbocycles. The lowest BCUT2D eigenvalue weighted by Crippen LogP contribution is -2.49. The summed E-state index contributed by atoms with van der Waals surface area (Å²) in [6.07, 6.45) is 4.92. The molecule has 0 saturated carbocycles. The monoisotopic (exact) mass is 488 g/mol. The first-order valence-corrected chi connectivity index (χ1v) is 11.5. The van der Waals surface area contributed by atoms with Crippen LogP contribution in [0.1, 0.15) is 10.5 Å². The zero-order valence-corrected chi connectivity index (χ0v) is 19.6. The van der Waals surface area contributed by atoms with Gasteiger partial charge in [-0.2, -0.15) is 10.2 Å². The lowest BCUT2D eigenvalue weighted by Gasteiger charge is -2.35. The maximum absolute atomic E-state index is 13.4. The van der Waals surface area contributed by atoms with E-state index < -0.39 is 0 Å². The summed E-state index contributed by atoms with van der Waals surface area (Å²) in [6, 6.07) is 12.7. The van der Waals surface area contributed by atoms with Gasteiger partial charge in [0.05, 0.1) is 23.5 Å². The number of nitrogens with zero attached hydrogens (tertiary/aromatic N) is 8. The first-order valence-electron chi connectivity index (χ1n) is 11.2.